The Hall–Kier alpha value is -1.12. The Morgan fingerprint density at radius 2 is 2.24 bits per heavy atom. The van der Waals surface area contributed by atoms with Crippen molar-refractivity contribution in [1.82, 2.24) is 4.72 Å². The number of carbonyl (C=O) groups is 1. The summed E-state index contributed by atoms with van der Waals surface area (Å²) < 4.78 is 27.2. The van der Waals surface area contributed by atoms with Gasteiger partial charge in [-0.15, -0.1) is 0 Å². The highest BCUT2D eigenvalue weighted by molar-refractivity contribution is 9.10. The first-order valence-corrected chi connectivity index (χ1v) is 6.91. The zero-order valence-electron chi connectivity index (χ0n) is 8.50. The van der Waals surface area contributed by atoms with Crippen LogP contribution in [0.2, 0.25) is 0 Å². The quantitative estimate of drug-likeness (QED) is 0.771. The number of aldehydes is 1. The number of anilines is 1. The van der Waals surface area contributed by atoms with Crippen LogP contribution in [0.3, 0.4) is 0 Å². The van der Waals surface area contributed by atoms with E-state index in [0.717, 1.165) is 4.31 Å². The Labute approximate surface area is 107 Å². The number of hydrogen-bond donors (Lipinski definition) is 2. The fraction of sp³-hybridized carbons (Fsp3) is 0.222. The number of aromatic hydroxyl groups is 1. The summed E-state index contributed by atoms with van der Waals surface area (Å²) in [4.78, 5) is 10.6. The van der Waals surface area contributed by atoms with Crippen molar-refractivity contribution in [3.8, 4) is 5.75 Å². The Morgan fingerprint density at radius 3 is 2.82 bits per heavy atom. The molecule has 17 heavy (non-hydrogen) atoms. The van der Waals surface area contributed by atoms with Crippen LogP contribution in [0.4, 0.5) is 5.69 Å². The molecular weight excluding hydrogens is 312 g/mol. The number of carbonyl (C=O) groups excluding carboxylic acids is 1. The number of hydrogen-bond acceptors (Lipinski definition) is 4. The van der Waals surface area contributed by atoms with Crippen molar-refractivity contribution in [1.29, 1.82) is 0 Å². The smallest absolute Gasteiger partial charge is 0.302 e. The van der Waals surface area contributed by atoms with Gasteiger partial charge in [0.15, 0.2) is 0 Å². The maximum atomic E-state index is 11.7. The molecule has 1 aromatic carbocycles. The van der Waals surface area contributed by atoms with Gasteiger partial charge in [-0.2, -0.15) is 13.1 Å². The number of benzene rings is 1. The average molecular weight is 321 g/mol. The van der Waals surface area contributed by atoms with Gasteiger partial charge in [-0.3, -0.25) is 4.31 Å². The zero-order valence-corrected chi connectivity index (χ0v) is 10.9. The van der Waals surface area contributed by atoms with Gasteiger partial charge in [0, 0.05) is 4.47 Å². The molecule has 0 aromatic heterocycles. The van der Waals surface area contributed by atoms with Crippen LogP contribution in [0.25, 0.3) is 0 Å². The molecule has 0 spiro atoms. The highest BCUT2D eigenvalue weighted by atomic mass is 79.9. The van der Waals surface area contributed by atoms with Gasteiger partial charge < -0.3 is 9.90 Å². The number of phenols is 1. The normalized spacial score (nSPS) is 22.6. The fourth-order valence-electron chi connectivity index (χ4n) is 1.56. The predicted molar refractivity (Wildman–Crippen MR) is 65.1 cm³/mol. The molecule has 1 atom stereocenters. The minimum Gasteiger partial charge on any atom is -0.506 e. The second-order valence-electron chi connectivity index (χ2n) is 3.53. The molecule has 1 fully saturated rings. The van der Waals surface area contributed by atoms with Gasteiger partial charge >= 0.3 is 10.2 Å². The van der Waals surface area contributed by atoms with Crippen LogP contribution in [-0.4, -0.2) is 32.4 Å². The summed E-state index contributed by atoms with van der Waals surface area (Å²) in [5.41, 5.74) is 0.135. The number of phenolic OH excluding ortho intramolecular Hbond substituents is 1. The third kappa shape index (κ3) is 2.28. The van der Waals surface area contributed by atoms with E-state index < -0.39 is 16.3 Å². The summed E-state index contributed by atoms with van der Waals surface area (Å²) in [5, 5.41) is 9.64. The first kappa shape index (κ1) is 12.3. The number of halogens is 1. The van der Waals surface area contributed by atoms with E-state index >= 15 is 0 Å². The Morgan fingerprint density at radius 1 is 1.53 bits per heavy atom. The largest absolute Gasteiger partial charge is 0.506 e. The average Bonchev–Trinajstić information content (AvgIpc) is 2.57. The van der Waals surface area contributed by atoms with Crippen LogP contribution in [-0.2, 0) is 15.0 Å². The second-order valence-corrected chi connectivity index (χ2v) is 6.07. The first-order valence-electron chi connectivity index (χ1n) is 4.68. The van der Waals surface area contributed by atoms with Crippen molar-refractivity contribution in [3.63, 3.8) is 0 Å². The maximum absolute atomic E-state index is 11.7. The van der Waals surface area contributed by atoms with Crippen LogP contribution in [0.1, 0.15) is 0 Å². The standard InChI is InChI=1S/C9H9BrN2O4S/c10-6-1-2-9(14)8(3-6)12-4-7(5-13)11-17(12,15)16/h1-3,5,7,11,14H,4H2. The molecule has 1 heterocycles. The topological polar surface area (TPSA) is 86.7 Å². The van der Waals surface area contributed by atoms with Gasteiger partial charge in [-0.1, -0.05) is 15.9 Å². The molecular formula is C9H9BrN2O4S. The van der Waals surface area contributed by atoms with Crippen molar-refractivity contribution in [2.24, 2.45) is 0 Å². The van der Waals surface area contributed by atoms with Crippen LogP contribution in [0.15, 0.2) is 22.7 Å². The van der Waals surface area contributed by atoms with E-state index in [1.54, 1.807) is 6.07 Å². The lowest BCUT2D eigenvalue weighted by Crippen LogP contribution is -2.30. The lowest BCUT2D eigenvalue weighted by molar-refractivity contribution is -0.108. The van der Waals surface area contributed by atoms with E-state index in [1.807, 2.05) is 0 Å². The molecule has 0 radical (unpaired) electrons. The lowest BCUT2D eigenvalue weighted by Gasteiger charge is -2.17. The van der Waals surface area contributed by atoms with E-state index in [1.165, 1.54) is 12.1 Å². The van der Waals surface area contributed by atoms with Crippen molar-refractivity contribution in [2.45, 2.75) is 6.04 Å². The van der Waals surface area contributed by atoms with Gasteiger partial charge in [-0.25, -0.2) is 0 Å². The fourth-order valence-corrected chi connectivity index (χ4v) is 3.31. The summed E-state index contributed by atoms with van der Waals surface area (Å²) in [6, 6.07) is 3.65. The van der Waals surface area contributed by atoms with Gasteiger partial charge in [0.05, 0.1) is 18.3 Å². The Kier molecular flexibility index (Phi) is 3.11. The van der Waals surface area contributed by atoms with Crippen LogP contribution in [0.5, 0.6) is 5.75 Å². The molecule has 1 aliphatic heterocycles. The Balaban J connectivity index is 2.47. The summed E-state index contributed by atoms with van der Waals surface area (Å²) >= 11 is 3.19. The molecule has 1 aromatic rings. The molecule has 8 heteroatoms. The molecule has 92 valence electrons. The second kappa shape index (κ2) is 4.28. The third-order valence-electron chi connectivity index (χ3n) is 2.32. The molecule has 2 rings (SSSR count). The highest BCUT2D eigenvalue weighted by Gasteiger charge is 2.36. The molecule has 6 nitrogen and oxygen atoms in total. The summed E-state index contributed by atoms with van der Waals surface area (Å²) in [6.45, 7) is -0.0319. The predicted octanol–water partition coefficient (Wildman–Crippen LogP) is 0.377. The SMILES string of the molecule is O=CC1CN(c2cc(Br)ccc2O)S(=O)(=O)N1. The van der Waals surface area contributed by atoms with Gasteiger partial charge in [0.2, 0.25) is 0 Å². The van der Waals surface area contributed by atoms with E-state index in [0.29, 0.717) is 10.8 Å². The first-order chi connectivity index (χ1) is 7.94. The molecule has 0 saturated carbocycles. The van der Waals surface area contributed by atoms with Crippen molar-refractivity contribution in [2.75, 3.05) is 10.8 Å². The van der Waals surface area contributed by atoms with Crippen molar-refractivity contribution < 1.29 is 18.3 Å². The van der Waals surface area contributed by atoms with Gasteiger partial charge in [-0.05, 0) is 18.2 Å². The molecule has 2 N–H and O–H groups in total. The minimum atomic E-state index is -3.77. The van der Waals surface area contributed by atoms with E-state index in [9.17, 15) is 18.3 Å². The minimum absolute atomic E-state index is 0.0319. The van der Waals surface area contributed by atoms with E-state index in [4.69, 9.17) is 0 Å². The van der Waals surface area contributed by atoms with E-state index in [-0.39, 0.29) is 18.0 Å². The van der Waals surface area contributed by atoms with Crippen LogP contribution < -0.4 is 9.03 Å². The summed E-state index contributed by atoms with van der Waals surface area (Å²) in [5.74, 6) is -0.162. The summed E-state index contributed by atoms with van der Waals surface area (Å²) in [6.07, 6.45) is 0.520. The highest BCUT2D eigenvalue weighted by Crippen LogP contribution is 2.33. The maximum Gasteiger partial charge on any atom is 0.302 e. The monoisotopic (exact) mass is 320 g/mol. The number of rotatable bonds is 2. The molecule has 1 unspecified atom stereocenters. The lowest BCUT2D eigenvalue weighted by atomic mass is 10.2. The van der Waals surface area contributed by atoms with Gasteiger partial charge in [0.1, 0.15) is 12.0 Å². The zero-order chi connectivity index (χ0) is 12.6. The van der Waals surface area contributed by atoms with Crippen molar-refractivity contribution >= 4 is 38.1 Å². The van der Waals surface area contributed by atoms with Crippen LogP contribution in [0, 0.1) is 0 Å². The Bertz CT molecular complexity index is 560. The summed E-state index contributed by atoms with van der Waals surface area (Å²) in [7, 11) is -3.77. The molecule has 1 aliphatic rings. The third-order valence-corrected chi connectivity index (χ3v) is 4.34. The number of nitrogens with zero attached hydrogens (tertiary/aromatic N) is 1. The van der Waals surface area contributed by atoms with E-state index in [2.05, 4.69) is 20.7 Å². The molecule has 1 saturated heterocycles. The molecule has 0 aliphatic carbocycles. The van der Waals surface area contributed by atoms with Gasteiger partial charge in [0.25, 0.3) is 0 Å². The van der Waals surface area contributed by atoms with Crippen molar-refractivity contribution in [3.05, 3.63) is 22.7 Å². The molecule has 0 amide bonds. The van der Waals surface area contributed by atoms with Crippen LogP contribution >= 0.6 is 15.9 Å². The number of nitrogens with one attached hydrogen (secondary N) is 1. The molecule has 0 bridgehead atoms.